The van der Waals surface area contributed by atoms with Crippen LogP contribution in [0, 0.1) is 18.6 Å². The number of aromatic nitrogens is 3. The lowest BCUT2D eigenvalue weighted by Crippen LogP contribution is -2.47. The maximum absolute atomic E-state index is 14.6. The number of piperazine rings is 1. The Bertz CT molecular complexity index is 1010. The molecule has 1 saturated heterocycles. The molecule has 5 rings (SSSR count). The van der Waals surface area contributed by atoms with Gasteiger partial charge in [-0.1, -0.05) is 0 Å². The average molecular weight is 371 g/mol. The van der Waals surface area contributed by atoms with Crippen LogP contribution in [0.4, 0.5) is 20.6 Å². The Labute approximate surface area is 154 Å². The van der Waals surface area contributed by atoms with Crippen LogP contribution in [0.3, 0.4) is 0 Å². The Kier molecular flexibility index (Phi) is 3.73. The van der Waals surface area contributed by atoms with Gasteiger partial charge in [0.15, 0.2) is 17.2 Å². The molecular formula is C19H19F2N5O. The molecule has 0 spiro atoms. The van der Waals surface area contributed by atoms with Crippen LogP contribution < -0.4 is 9.80 Å². The molecule has 0 radical (unpaired) electrons. The lowest BCUT2D eigenvalue weighted by atomic mass is 10.2. The van der Waals surface area contributed by atoms with Crippen LogP contribution in [0.1, 0.15) is 30.3 Å². The quantitative estimate of drug-likeness (QED) is 0.703. The molecule has 0 bridgehead atoms. The van der Waals surface area contributed by atoms with E-state index in [2.05, 4.69) is 15.0 Å². The van der Waals surface area contributed by atoms with Gasteiger partial charge in [-0.3, -0.25) is 0 Å². The summed E-state index contributed by atoms with van der Waals surface area (Å²) in [6.07, 6.45) is 2.16. The number of rotatable bonds is 3. The van der Waals surface area contributed by atoms with Gasteiger partial charge in [-0.15, -0.1) is 0 Å². The molecule has 1 aromatic carbocycles. The van der Waals surface area contributed by atoms with Crippen molar-refractivity contribution >= 4 is 22.9 Å². The number of fused-ring (bicyclic) bond motifs is 1. The number of halogens is 2. The lowest BCUT2D eigenvalue weighted by molar-refractivity contribution is 0.528. The summed E-state index contributed by atoms with van der Waals surface area (Å²) in [7, 11) is 0. The van der Waals surface area contributed by atoms with Crippen molar-refractivity contribution in [3.05, 3.63) is 41.4 Å². The van der Waals surface area contributed by atoms with Gasteiger partial charge < -0.3 is 14.2 Å². The number of hydrogen-bond acceptors (Lipinski definition) is 6. The molecule has 0 atom stereocenters. The van der Waals surface area contributed by atoms with Gasteiger partial charge in [0.25, 0.3) is 6.01 Å². The summed E-state index contributed by atoms with van der Waals surface area (Å²) < 4.78 is 33.6. The van der Waals surface area contributed by atoms with Gasteiger partial charge in [-0.05, 0) is 31.9 Å². The summed E-state index contributed by atoms with van der Waals surface area (Å²) >= 11 is 0. The highest BCUT2D eigenvalue weighted by atomic mass is 19.1. The van der Waals surface area contributed by atoms with Crippen LogP contribution in [-0.4, -0.2) is 41.1 Å². The van der Waals surface area contributed by atoms with Crippen molar-refractivity contribution in [3.8, 4) is 0 Å². The van der Waals surface area contributed by atoms with Crippen molar-refractivity contribution in [2.45, 2.75) is 25.7 Å². The Balaban J connectivity index is 1.35. The van der Waals surface area contributed by atoms with E-state index in [0.29, 0.717) is 60.7 Å². The standard InChI is InChI=1S/C19H19F2N5O/c1-11-16(21)18(24-17(22-11)12-2-3-12)25-6-8-26(9-7-25)19-23-14-5-4-13(20)10-15(14)27-19/h4-5,10,12H,2-3,6-9H2,1H3. The van der Waals surface area contributed by atoms with Gasteiger partial charge in [0.2, 0.25) is 0 Å². The number of oxazole rings is 1. The minimum absolute atomic E-state index is 0.342. The van der Waals surface area contributed by atoms with E-state index >= 15 is 0 Å². The van der Waals surface area contributed by atoms with Crippen LogP contribution in [-0.2, 0) is 0 Å². The molecule has 8 heteroatoms. The maximum Gasteiger partial charge on any atom is 0.298 e. The molecule has 0 unspecified atom stereocenters. The van der Waals surface area contributed by atoms with Crippen molar-refractivity contribution in [2.75, 3.05) is 36.0 Å². The second-order valence-corrected chi connectivity index (χ2v) is 7.16. The van der Waals surface area contributed by atoms with E-state index < -0.39 is 0 Å². The van der Waals surface area contributed by atoms with Gasteiger partial charge in [0, 0.05) is 38.2 Å². The van der Waals surface area contributed by atoms with Crippen LogP contribution in [0.15, 0.2) is 22.6 Å². The molecule has 140 valence electrons. The van der Waals surface area contributed by atoms with Gasteiger partial charge in [0.05, 0.1) is 5.69 Å². The summed E-state index contributed by atoms with van der Waals surface area (Å²) in [5, 5.41) is 0. The first kappa shape index (κ1) is 16.4. The zero-order valence-corrected chi connectivity index (χ0v) is 15.0. The molecule has 1 saturated carbocycles. The molecule has 1 aliphatic carbocycles. The summed E-state index contributed by atoms with van der Waals surface area (Å²) in [5.41, 5.74) is 1.46. The Hall–Kier alpha value is -2.77. The molecule has 3 heterocycles. The Morgan fingerprint density at radius 2 is 1.74 bits per heavy atom. The molecule has 6 nitrogen and oxygen atoms in total. The number of nitrogens with zero attached hydrogens (tertiary/aromatic N) is 5. The average Bonchev–Trinajstić information content (AvgIpc) is 3.43. The molecule has 1 aliphatic heterocycles. The molecule has 0 N–H and O–H groups in total. The van der Waals surface area contributed by atoms with Crippen molar-refractivity contribution in [1.82, 2.24) is 15.0 Å². The molecule has 2 aliphatic rings. The van der Waals surface area contributed by atoms with Crippen molar-refractivity contribution in [1.29, 1.82) is 0 Å². The second-order valence-electron chi connectivity index (χ2n) is 7.16. The third-order valence-electron chi connectivity index (χ3n) is 5.15. The second kappa shape index (κ2) is 6.14. The number of anilines is 2. The molecule has 27 heavy (non-hydrogen) atoms. The smallest absolute Gasteiger partial charge is 0.298 e. The van der Waals surface area contributed by atoms with Crippen LogP contribution in [0.5, 0.6) is 0 Å². The first-order valence-corrected chi connectivity index (χ1v) is 9.18. The summed E-state index contributed by atoms with van der Waals surface area (Å²) in [6.45, 7) is 4.14. The lowest BCUT2D eigenvalue weighted by Gasteiger charge is -2.34. The summed E-state index contributed by atoms with van der Waals surface area (Å²) in [6, 6.07) is 4.77. The van der Waals surface area contributed by atoms with Gasteiger partial charge >= 0.3 is 0 Å². The van der Waals surface area contributed by atoms with Crippen LogP contribution in [0.25, 0.3) is 11.1 Å². The zero-order chi connectivity index (χ0) is 18.5. The predicted octanol–water partition coefficient (Wildman–Crippen LogP) is 3.41. The fraction of sp³-hybridized carbons (Fsp3) is 0.421. The van der Waals surface area contributed by atoms with E-state index in [1.807, 2.05) is 9.80 Å². The molecular weight excluding hydrogens is 352 g/mol. The van der Waals surface area contributed by atoms with Gasteiger partial charge in [-0.2, -0.15) is 4.98 Å². The first-order valence-electron chi connectivity index (χ1n) is 9.18. The Morgan fingerprint density at radius 3 is 2.48 bits per heavy atom. The minimum Gasteiger partial charge on any atom is -0.423 e. The first-order chi connectivity index (χ1) is 13.1. The topological polar surface area (TPSA) is 58.3 Å². The third-order valence-corrected chi connectivity index (χ3v) is 5.15. The highest BCUT2D eigenvalue weighted by Gasteiger charge is 2.30. The van der Waals surface area contributed by atoms with E-state index in [1.165, 1.54) is 12.1 Å². The predicted molar refractivity (Wildman–Crippen MR) is 97.1 cm³/mol. The minimum atomic E-state index is -0.351. The van der Waals surface area contributed by atoms with E-state index in [4.69, 9.17) is 4.42 Å². The van der Waals surface area contributed by atoms with E-state index in [9.17, 15) is 8.78 Å². The molecule has 2 aromatic heterocycles. The highest BCUT2D eigenvalue weighted by Crippen LogP contribution is 2.39. The maximum atomic E-state index is 14.6. The molecule has 3 aromatic rings. The Morgan fingerprint density at radius 1 is 1.00 bits per heavy atom. The normalized spacial score (nSPS) is 17.7. The fourth-order valence-corrected chi connectivity index (χ4v) is 3.43. The molecule has 2 fully saturated rings. The van der Waals surface area contributed by atoms with Crippen LogP contribution >= 0.6 is 0 Å². The highest BCUT2D eigenvalue weighted by molar-refractivity contribution is 5.74. The third kappa shape index (κ3) is 2.98. The SMILES string of the molecule is Cc1nc(C2CC2)nc(N2CCN(c3nc4ccc(F)cc4o3)CC2)c1F. The molecule has 0 amide bonds. The van der Waals surface area contributed by atoms with Crippen molar-refractivity contribution in [2.24, 2.45) is 0 Å². The van der Waals surface area contributed by atoms with Crippen molar-refractivity contribution < 1.29 is 13.2 Å². The van der Waals surface area contributed by atoms with E-state index in [0.717, 1.165) is 18.7 Å². The number of aryl methyl sites for hydroxylation is 1. The van der Waals surface area contributed by atoms with Crippen LogP contribution in [0.2, 0.25) is 0 Å². The zero-order valence-electron chi connectivity index (χ0n) is 15.0. The van der Waals surface area contributed by atoms with Gasteiger partial charge in [-0.25, -0.2) is 18.7 Å². The number of hydrogen-bond donors (Lipinski definition) is 0. The summed E-state index contributed by atoms with van der Waals surface area (Å²) in [4.78, 5) is 17.2. The van der Waals surface area contributed by atoms with E-state index in [-0.39, 0.29) is 11.6 Å². The van der Waals surface area contributed by atoms with Gasteiger partial charge in [0.1, 0.15) is 17.2 Å². The monoisotopic (exact) mass is 371 g/mol. The van der Waals surface area contributed by atoms with Crippen molar-refractivity contribution in [3.63, 3.8) is 0 Å². The largest absolute Gasteiger partial charge is 0.423 e. The van der Waals surface area contributed by atoms with E-state index in [1.54, 1.807) is 13.0 Å². The summed E-state index contributed by atoms with van der Waals surface area (Å²) in [5.74, 6) is 0.835. The number of benzene rings is 1. The fourth-order valence-electron chi connectivity index (χ4n) is 3.43.